The van der Waals surface area contributed by atoms with Crippen molar-refractivity contribution < 1.29 is 13.2 Å². The Kier molecular flexibility index (Phi) is 3.77. The summed E-state index contributed by atoms with van der Waals surface area (Å²) in [5.74, 6) is 0. The van der Waals surface area contributed by atoms with Crippen LogP contribution in [0.25, 0.3) is 0 Å². The summed E-state index contributed by atoms with van der Waals surface area (Å²) in [6, 6.07) is 0. The van der Waals surface area contributed by atoms with E-state index in [4.69, 9.17) is 0 Å². The maximum absolute atomic E-state index is 11.5. The molecule has 1 unspecified atom stereocenters. The molecule has 0 aromatic carbocycles. The number of hydrogen-bond acceptors (Lipinski definition) is 0. The number of rotatable bonds is 2. The highest BCUT2D eigenvalue weighted by molar-refractivity contribution is 14.1. The molecule has 1 atom stereocenters. The average Bonchev–Trinajstić information content (AvgIpc) is 1.27. The van der Waals surface area contributed by atoms with Gasteiger partial charge in [-0.2, -0.15) is 0 Å². The Labute approximate surface area is 53.2 Å². The molecule has 0 aromatic rings. The fourth-order valence-electron chi connectivity index (χ4n) is 0.135. The van der Waals surface area contributed by atoms with Crippen molar-refractivity contribution in [3.05, 3.63) is 0 Å². The van der Waals surface area contributed by atoms with Crippen molar-refractivity contribution in [1.82, 2.24) is 0 Å². The molecule has 0 N–H and O–H groups in total. The smallest absolute Gasteiger partial charge is 0.236 e. The van der Waals surface area contributed by atoms with Crippen LogP contribution in [0.3, 0.4) is 0 Å². The minimum atomic E-state index is -2.51. The van der Waals surface area contributed by atoms with Crippen LogP contribution in [0.2, 0.25) is 0 Å². The summed E-state index contributed by atoms with van der Waals surface area (Å²) < 4.78 is 32.1. The molecule has 4 heteroatoms. The first-order valence-electron chi connectivity index (χ1n) is 1.69. The topological polar surface area (TPSA) is 0 Å². The molecule has 0 aromatic heterocycles. The van der Waals surface area contributed by atoms with E-state index < -0.39 is 17.0 Å². The third kappa shape index (κ3) is 6.52. The normalized spacial score (nSPS) is 15.0. The lowest BCUT2D eigenvalue weighted by Crippen LogP contribution is -1.96. The molecular formula is C3H4F3I. The number of hydrogen-bond donors (Lipinski definition) is 0. The average molecular weight is 224 g/mol. The van der Waals surface area contributed by atoms with Crippen molar-refractivity contribution in [1.29, 1.82) is 0 Å². The summed E-state index contributed by atoms with van der Waals surface area (Å²) >= 11 is 1.31. The highest BCUT2D eigenvalue weighted by Crippen LogP contribution is 2.12. The van der Waals surface area contributed by atoms with E-state index in [2.05, 4.69) is 0 Å². The Hall–Kier alpha value is 0.520. The van der Waals surface area contributed by atoms with Gasteiger partial charge in [0.05, 0.1) is 0 Å². The molecule has 0 rings (SSSR count). The fraction of sp³-hybridized carbons (Fsp3) is 1.00. The van der Waals surface area contributed by atoms with Crippen LogP contribution >= 0.6 is 22.6 Å². The van der Waals surface area contributed by atoms with Crippen LogP contribution < -0.4 is 0 Å². The predicted octanol–water partition coefficient (Wildman–Crippen LogP) is 2.37. The molecule has 0 amide bonds. The van der Waals surface area contributed by atoms with Crippen LogP contribution in [0.5, 0.6) is 0 Å². The summed E-state index contributed by atoms with van der Waals surface area (Å²) in [6.45, 7) is 0. The van der Waals surface area contributed by atoms with Gasteiger partial charge in [-0.25, -0.2) is 13.2 Å². The molecule has 0 aliphatic carbocycles. The second kappa shape index (κ2) is 3.51. The lowest BCUT2D eigenvalue weighted by Gasteiger charge is -1.94. The van der Waals surface area contributed by atoms with Gasteiger partial charge in [0.2, 0.25) is 6.43 Å². The van der Waals surface area contributed by atoms with E-state index in [0.29, 0.717) is 0 Å². The molecule has 0 fully saturated rings. The summed E-state index contributed by atoms with van der Waals surface area (Å²) in [4.78, 5) is 0. The van der Waals surface area contributed by atoms with E-state index in [9.17, 15) is 13.2 Å². The molecular weight excluding hydrogens is 220 g/mol. The molecule has 0 saturated carbocycles. The van der Waals surface area contributed by atoms with Gasteiger partial charge in [0.25, 0.3) is 0 Å². The third-order valence-electron chi connectivity index (χ3n) is 0.356. The maximum Gasteiger partial charge on any atom is 0.242 e. The summed E-state index contributed by atoms with van der Waals surface area (Å²) in [7, 11) is 0. The molecule has 0 saturated heterocycles. The minimum Gasteiger partial charge on any atom is -0.236 e. The van der Waals surface area contributed by atoms with Crippen molar-refractivity contribution in [2.24, 2.45) is 0 Å². The minimum absolute atomic E-state index is 0.652. The summed E-state index contributed by atoms with van der Waals surface area (Å²) in [5, 5.41) is 0. The Bertz CT molecular complexity index is 39.4. The second-order valence-electron chi connectivity index (χ2n) is 1.02. The Morgan fingerprint density at radius 1 is 1.29 bits per heavy atom. The molecule has 0 spiro atoms. The van der Waals surface area contributed by atoms with Gasteiger partial charge in [-0.3, -0.25) is 0 Å². The zero-order chi connectivity index (χ0) is 5.86. The van der Waals surface area contributed by atoms with Crippen LogP contribution in [0, 0.1) is 0 Å². The Morgan fingerprint density at radius 2 is 1.71 bits per heavy atom. The summed E-state index contributed by atoms with van der Waals surface area (Å²) in [5.41, 5.74) is 0. The highest BCUT2D eigenvalue weighted by Gasteiger charge is 2.08. The molecule has 0 heterocycles. The lowest BCUT2D eigenvalue weighted by molar-refractivity contribution is 0.124. The Morgan fingerprint density at radius 3 is 1.71 bits per heavy atom. The molecule has 0 nitrogen and oxygen atoms in total. The fourth-order valence-corrected chi connectivity index (χ4v) is 0.519. The Balaban J connectivity index is 2.95. The van der Waals surface area contributed by atoms with Crippen molar-refractivity contribution >= 4 is 22.6 Å². The molecule has 7 heavy (non-hydrogen) atoms. The molecule has 0 bridgehead atoms. The summed E-state index contributed by atoms with van der Waals surface area (Å²) in [6.07, 6.45) is -3.16. The van der Waals surface area contributed by atoms with Gasteiger partial charge in [0.1, 0.15) is 0 Å². The van der Waals surface area contributed by atoms with Crippen LogP contribution in [-0.2, 0) is 0 Å². The first-order chi connectivity index (χ1) is 3.13. The van der Waals surface area contributed by atoms with Crippen LogP contribution in [0.15, 0.2) is 0 Å². The SMILES string of the molecule is FC(F)CC(F)I. The first-order valence-corrected chi connectivity index (χ1v) is 2.94. The predicted molar refractivity (Wildman–Crippen MR) is 29.5 cm³/mol. The van der Waals surface area contributed by atoms with Gasteiger partial charge in [-0.1, -0.05) is 0 Å². The number of halogens is 4. The van der Waals surface area contributed by atoms with Gasteiger partial charge >= 0.3 is 0 Å². The van der Waals surface area contributed by atoms with E-state index in [1.54, 1.807) is 0 Å². The van der Waals surface area contributed by atoms with Crippen LogP contribution in [0.1, 0.15) is 6.42 Å². The molecule has 0 radical (unpaired) electrons. The second-order valence-corrected chi connectivity index (χ2v) is 2.37. The monoisotopic (exact) mass is 224 g/mol. The van der Waals surface area contributed by atoms with Crippen LogP contribution in [-0.4, -0.2) is 10.6 Å². The van der Waals surface area contributed by atoms with Crippen molar-refractivity contribution in [3.8, 4) is 0 Å². The standard InChI is InChI=1S/C3H4F3I/c4-2(5)1-3(6)7/h2-3H,1H2. The highest BCUT2D eigenvalue weighted by atomic mass is 127. The van der Waals surface area contributed by atoms with Gasteiger partial charge in [0.15, 0.2) is 4.18 Å². The van der Waals surface area contributed by atoms with Gasteiger partial charge in [-0.15, -0.1) is 0 Å². The zero-order valence-electron chi connectivity index (χ0n) is 3.37. The van der Waals surface area contributed by atoms with Gasteiger partial charge < -0.3 is 0 Å². The molecule has 0 aliphatic heterocycles. The van der Waals surface area contributed by atoms with Gasteiger partial charge in [0, 0.05) is 6.42 Å². The van der Waals surface area contributed by atoms with Crippen LogP contribution in [0.4, 0.5) is 13.2 Å². The van der Waals surface area contributed by atoms with E-state index >= 15 is 0 Å². The van der Waals surface area contributed by atoms with Gasteiger partial charge in [-0.05, 0) is 22.6 Å². The number of alkyl halides is 4. The van der Waals surface area contributed by atoms with E-state index in [1.807, 2.05) is 0 Å². The largest absolute Gasteiger partial charge is 0.242 e. The third-order valence-corrected chi connectivity index (χ3v) is 0.865. The van der Waals surface area contributed by atoms with Crippen molar-refractivity contribution in [2.75, 3.05) is 0 Å². The first kappa shape index (κ1) is 7.52. The zero-order valence-corrected chi connectivity index (χ0v) is 5.53. The van der Waals surface area contributed by atoms with Crippen molar-refractivity contribution in [3.63, 3.8) is 0 Å². The van der Waals surface area contributed by atoms with Crippen molar-refractivity contribution in [2.45, 2.75) is 17.0 Å². The maximum atomic E-state index is 11.5. The van der Waals surface area contributed by atoms with E-state index in [-0.39, 0.29) is 0 Å². The van der Waals surface area contributed by atoms with E-state index in [0.717, 1.165) is 0 Å². The quantitative estimate of drug-likeness (QED) is 0.498. The van der Waals surface area contributed by atoms with E-state index in [1.165, 1.54) is 22.6 Å². The lowest BCUT2D eigenvalue weighted by atomic mass is 10.5. The molecule has 0 aliphatic rings. The molecule has 44 valence electrons.